The monoisotopic (exact) mass is 321 g/mol. The Balaban J connectivity index is 1.80. The largest absolute Gasteiger partial charge is 0.506 e. The number of nitrogens with one attached hydrogen (secondary N) is 2. The van der Waals surface area contributed by atoms with Gasteiger partial charge in [-0.25, -0.2) is 5.10 Å². The Kier molecular flexibility index (Phi) is 4.38. The van der Waals surface area contributed by atoms with Crippen LogP contribution in [0.3, 0.4) is 0 Å². The first-order valence-corrected chi connectivity index (χ1v) is 7.35. The van der Waals surface area contributed by atoms with Gasteiger partial charge in [-0.05, 0) is 35.7 Å². The molecule has 0 bridgehead atoms. The Morgan fingerprint density at radius 1 is 1.04 bits per heavy atom. The van der Waals surface area contributed by atoms with Crippen molar-refractivity contribution in [2.45, 2.75) is 6.42 Å². The summed E-state index contributed by atoms with van der Waals surface area (Å²) in [5, 5.41) is 18.4. The summed E-state index contributed by atoms with van der Waals surface area (Å²) in [5.41, 5.74) is 2.04. The van der Waals surface area contributed by atoms with Crippen LogP contribution in [0.5, 0.6) is 5.75 Å². The normalized spacial score (nSPS) is 10.3. The smallest absolute Gasteiger partial charge is 0.276 e. The van der Waals surface area contributed by atoms with Crippen molar-refractivity contribution >= 4 is 11.6 Å². The summed E-state index contributed by atoms with van der Waals surface area (Å²) in [6.45, 7) is 0. The molecule has 0 atom stereocenters. The molecule has 3 N–H and O–H groups in total. The van der Waals surface area contributed by atoms with Gasteiger partial charge in [-0.3, -0.25) is 9.59 Å². The number of phenols is 1. The highest BCUT2D eigenvalue weighted by Crippen LogP contribution is 2.25. The van der Waals surface area contributed by atoms with Crippen molar-refractivity contribution in [2.24, 2.45) is 0 Å². The third kappa shape index (κ3) is 3.67. The number of aromatic hydroxyl groups is 1. The lowest BCUT2D eigenvalue weighted by molar-refractivity contribution is 0.102. The summed E-state index contributed by atoms with van der Waals surface area (Å²) in [6, 6.07) is 17.5. The van der Waals surface area contributed by atoms with Gasteiger partial charge in [-0.2, -0.15) is 5.10 Å². The molecule has 0 aliphatic rings. The lowest BCUT2D eigenvalue weighted by Crippen LogP contribution is -2.17. The number of carbonyl (C=O) groups is 1. The topological polar surface area (TPSA) is 95.1 Å². The van der Waals surface area contributed by atoms with Crippen molar-refractivity contribution in [1.82, 2.24) is 10.2 Å². The average Bonchev–Trinajstić information content (AvgIpc) is 2.59. The van der Waals surface area contributed by atoms with Crippen LogP contribution < -0.4 is 10.9 Å². The zero-order valence-electron chi connectivity index (χ0n) is 12.7. The number of hydrogen-bond donors (Lipinski definition) is 3. The molecular formula is C18H15N3O3. The van der Waals surface area contributed by atoms with Crippen LogP contribution in [-0.2, 0) is 6.42 Å². The summed E-state index contributed by atoms with van der Waals surface area (Å²) in [4.78, 5) is 23.1. The van der Waals surface area contributed by atoms with Crippen LogP contribution in [0, 0.1) is 0 Å². The van der Waals surface area contributed by atoms with Gasteiger partial charge in [-0.1, -0.05) is 36.4 Å². The summed E-state index contributed by atoms with van der Waals surface area (Å²) >= 11 is 0. The van der Waals surface area contributed by atoms with E-state index in [-0.39, 0.29) is 17.0 Å². The van der Waals surface area contributed by atoms with E-state index < -0.39 is 5.91 Å². The number of anilines is 1. The first-order valence-electron chi connectivity index (χ1n) is 7.35. The van der Waals surface area contributed by atoms with Gasteiger partial charge in [0.2, 0.25) is 0 Å². The molecule has 1 amide bonds. The van der Waals surface area contributed by atoms with Gasteiger partial charge in [0.05, 0.1) is 5.69 Å². The van der Waals surface area contributed by atoms with Gasteiger partial charge in [0.25, 0.3) is 11.5 Å². The van der Waals surface area contributed by atoms with Gasteiger partial charge < -0.3 is 10.4 Å². The Morgan fingerprint density at radius 3 is 2.54 bits per heavy atom. The van der Waals surface area contributed by atoms with E-state index in [9.17, 15) is 14.7 Å². The first kappa shape index (κ1) is 15.5. The Bertz CT molecular complexity index is 900. The van der Waals surface area contributed by atoms with Gasteiger partial charge in [0.1, 0.15) is 11.4 Å². The standard InChI is InChI=1S/C18H15N3O3/c22-16-8-6-13(10-12-4-2-1-3-5-12)11-15(16)19-18(24)14-7-9-17(23)21-20-14/h1-9,11,22H,10H2,(H,19,24)(H,21,23). The Morgan fingerprint density at radius 2 is 1.83 bits per heavy atom. The molecule has 0 fully saturated rings. The fourth-order valence-electron chi connectivity index (χ4n) is 2.28. The Labute approximate surface area is 137 Å². The molecule has 3 aromatic rings. The molecule has 0 saturated heterocycles. The molecule has 6 heteroatoms. The van der Waals surface area contributed by atoms with E-state index in [0.717, 1.165) is 11.1 Å². The quantitative estimate of drug-likeness (QED) is 0.643. The molecule has 0 saturated carbocycles. The van der Waals surface area contributed by atoms with E-state index in [2.05, 4.69) is 15.5 Å². The van der Waals surface area contributed by atoms with E-state index in [4.69, 9.17) is 0 Å². The number of benzene rings is 2. The number of H-pyrrole nitrogens is 1. The molecule has 3 rings (SSSR count). The van der Waals surface area contributed by atoms with Gasteiger partial charge in [0, 0.05) is 6.07 Å². The first-order chi connectivity index (χ1) is 11.6. The van der Waals surface area contributed by atoms with Crippen LogP contribution in [0.15, 0.2) is 65.5 Å². The van der Waals surface area contributed by atoms with Crippen LogP contribution >= 0.6 is 0 Å². The number of aromatic amines is 1. The molecule has 6 nitrogen and oxygen atoms in total. The molecular weight excluding hydrogens is 306 g/mol. The summed E-state index contributed by atoms with van der Waals surface area (Å²) in [7, 11) is 0. The molecule has 0 aliphatic heterocycles. The number of aromatic nitrogens is 2. The zero-order valence-corrected chi connectivity index (χ0v) is 12.7. The molecule has 0 radical (unpaired) electrons. The Hall–Kier alpha value is -3.41. The second-order valence-corrected chi connectivity index (χ2v) is 5.27. The maximum Gasteiger partial charge on any atom is 0.276 e. The number of rotatable bonds is 4. The fraction of sp³-hybridized carbons (Fsp3) is 0.0556. The van der Waals surface area contributed by atoms with Crippen molar-refractivity contribution in [2.75, 3.05) is 5.32 Å². The van der Waals surface area contributed by atoms with Crippen molar-refractivity contribution < 1.29 is 9.90 Å². The van der Waals surface area contributed by atoms with E-state index in [1.807, 2.05) is 30.3 Å². The van der Waals surface area contributed by atoms with Gasteiger partial charge in [0.15, 0.2) is 0 Å². The van der Waals surface area contributed by atoms with E-state index in [1.54, 1.807) is 12.1 Å². The average molecular weight is 321 g/mol. The number of hydrogen-bond acceptors (Lipinski definition) is 4. The van der Waals surface area contributed by atoms with Crippen molar-refractivity contribution in [1.29, 1.82) is 0 Å². The predicted molar refractivity (Wildman–Crippen MR) is 90.2 cm³/mol. The van der Waals surface area contributed by atoms with Crippen LogP contribution in [0.2, 0.25) is 0 Å². The third-order valence-electron chi connectivity index (χ3n) is 3.47. The molecule has 1 aromatic heterocycles. The summed E-state index contributed by atoms with van der Waals surface area (Å²) in [5.74, 6) is -0.553. The van der Waals surface area contributed by atoms with Crippen LogP contribution in [0.4, 0.5) is 5.69 Å². The van der Waals surface area contributed by atoms with E-state index >= 15 is 0 Å². The highest BCUT2D eigenvalue weighted by atomic mass is 16.3. The van der Waals surface area contributed by atoms with Crippen LogP contribution in [0.1, 0.15) is 21.6 Å². The van der Waals surface area contributed by atoms with Gasteiger partial charge >= 0.3 is 0 Å². The molecule has 2 aromatic carbocycles. The molecule has 1 heterocycles. The minimum Gasteiger partial charge on any atom is -0.506 e. The number of nitrogens with zero attached hydrogens (tertiary/aromatic N) is 1. The van der Waals surface area contributed by atoms with Crippen LogP contribution in [0.25, 0.3) is 0 Å². The highest BCUT2D eigenvalue weighted by Gasteiger charge is 2.11. The lowest BCUT2D eigenvalue weighted by Gasteiger charge is -2.09. The van der Waals surface area contributed by atoms with Crippen molar-refractivity contribution in [3.8, 4) is 5.75 Å². The molecule has 120 valence electrons. The molecule has 0 spiro atoms. The third-order valence-corrected chi connectivity index (χ3v) is 3.47. The second-order valence-electron chi connectivity index (χ2n) is 5.27. The minimum atomic E-state index is -0.515. The number of carbonyl (C=O) groups excluding carboxylic acids is 1. The second kappa shape index (κ2) is 6.78. The maximum atomic E-state index is 12.1. The van der Waals surface area contributed by atoms with Crippen molar-refractivity contribution in [3.05, 3.63) is 87.8 Å². The number of amides is 1. The molecule has 24 heavy (non-hydrogen) atoms. The van der Waals surface area contributed by atoms with E-state index in [1.165, 1.54) is 18.2 Å². The lowest BCUT2D eigenvalue weighted by atomic mass is 10.0. The minimum absolute atomic E-state index is 0.0374. The maximum absolute atomic E-state index is 12.1. The van der Waals surface area contributed by atoms with E-state index in [0.29, 0.717) is 12.1 Å². The summed E-state index contributed by atoms with van der Waals surface area (Å²) < 4.78 is 0. The van der Waals surface area contributed by atoms with Crippen molar-refractivity contribution in [3.63, 3.8) is 0 Å². The SMILES string of the molecule is O=C(Nc1cc(Cc2ccccc2)ccc1O)c1ccc(=O)[nH]n1. The summed E-state index contributed by atoms with van der Waals surface area (Å²) in [6.07, 6.45) is 0.681. The van der Waals surface area contributed by atoms with Crippen LogP contribution in [-0.4, -0.2) is 21.2 Å². The molecule has 0 unspecified atom stereocenters. The fourth-order valence-corrected chi connectivity index (χ4v) is 2.28. The predicted octanol–water partition coefficient (Wildman–Crippen LogP) is 2.32. The zero-order chi connectivity index (χ0) is 16.9. The number of phenolic OH excluding ortho intramolecular Hbond substituents is 1. The highest BCUT2D eigenvalue weighted by molar-refractivity contribution is 6.03. The molecule has 0 aliphatic carbocycles. The van der Waals surface area contributed by atoms with Gasteiger partial charge in [-0.15, -0.1) is 0 Å².